The summed E-state index contributed by atoms with van der Waals surface area (Å²) in [5.41, 5.74) is 1.82. The summed E-state index contributed by atoms with van der Waals surface area (Å²) in [6.07, 6.45) is 0. The molecule has 0 unspecified atom stereocenters. The summed E-state index contributed by atoms with van der Waals surface area (Å²) in [7, 11) is 0.395. The number of hydrogen-bond donors (Lipinski definition) is 1. The molecule has 0 aromatic heterocycles. The minimum absolute atomic E-state index is 0.0511. The third-order valence-corrected chi connectivity index (χ3v) is 6.84. The normalized spacial score (nSPS) is 11.3. The van der Waals surface area contributed by atoms with E-state index in [1.165, 1.54) is 32.3 Å². The van der Waals surface area contributed by atoms with Gasteiger partial charge in [0.25, 0.3) is 5.91 Å². The van der Waals surface area contributed by atoms with Crippen LogP contribution < -0.4 is 14.4 Å². The Balaban J connectivity index is 1.76. The third-order valence-electron chi connectivity index (χ3n) is 5.04. The van der Waals surface area contributed by atoms with Crippen LogP contribution in [0, 0.1) is 5.82 Å². The Labute approximate surface area is 193 Å². The molecule has 0 aliphatic heterocycles. The maximum Gasteiger partial charge on any atom is 0.303 e. The zero-order chi connectivity index (χ0) is 24.0. The number of rotatable bonds is 9. The highest BCUT2D eigenvalue weighted by molar-refractivity contribution is 7.90. The molecule has 0 fully saturated rings. The van der Waals surface area contributed by atoms with Crippen LogP contribution in [-0.4, -0.2) is 39.8 Å². The van der Waals surface area contributed by atoms with Gasteiger partial charge in [-0.15, -0.1) is 0 Å². The molecule has 0 bridgehead atoms. The third kappa shape index (κ3) is 5.68. The quantitative estimate of drug-likeness (QED) is 0.518. The van der Waals surface area contributed by atoms with Gasteiger partial charge in [0.05, 0.1) is 19.3 Å². The second kappa shape index (κ2) is 10.5. The van der Waals surface area contributed by atoms with E-state index >= 15 is 0 Å². The van der Waals surface area contributed by atoms with E-state index in [1.54, 1.807) is 37.4 Å². The summed E-state index contributed by atoms with van der Waals surface area (Å²) in [4.78, 5) is 12.6. The SMILES string of the molecule is COc1ccccc1CNC(=O)c1ccc(CN(c2ccccc2F)S(=O)(=O)N(C)C)cc1. The Bertz CT molecular complexity index is 1210. The largest absolute Gasteiger partial charge is 0.496 e. The summed E-state index contributed by atoms with van der Waals surface area (Å²) in [6.45, 7) is 0.206. The predicted molar refractivity (Wildman–Crippen MR) is 126 cm³/mol. The van der Waals surface area contributed by atoms with Crippen molar-refractivity contribution >= 4 is 21.8 Å². The fourth-order valence-electron chi connectivity index (χ4n) is 3.20. The number of anilines is 1. The highest BCUT2D eigenvalue weighted by Gasteiger charge is 2.27. The predicted octanol–water partition coefficient (Wildman–Crippen LogP) is 3.58. The molecule has 33 heavy (non-hydrogen) atoms. The molecule has 0 aliphatic rings. The zero-order valence-electron chi connectivity index (χ0n) is 18.7. The van der Waals surface area contributed by atoms with Gasteiger partial charge in [-0.3, -0.25) is 9.10 Å². The van der Waals surface area contributed by atoms with Crippen molar-refractivity contribution in [2.75, 3.05) is 25.5 Å². The van der Waals surface area contributed by atoms with E-state index in [1.807, 2.05) is 24.3 Å². The first-order valence-electron chi connectivity index (χ1n) is 10.2. The molecule has 0 atom stereocenters. The van der Waals surface area contributed by atoms with Gasteiger partial charge in [0.15, 0.2) is 0 Å². The zero-order valence-corrected chi connectivity index (χ0v) is 19.5. The molecule has 0 saturated carbocycles. The molecule has 3 aromatic rings. The Morgan fingerprint density at radius 1 is 0.970 bits per heavy atom. The molecule has 0 radical (unpaired) electrons. The lowest BCUT2D eigenvalue weighted by molar-refractivity contribution is 0.0950. The monoisotopic (exact) mass is 471 g/mol. The number of carbonyl (C=O) groups excluding carboxylic acids is 1. The highest BCUT2D eigenvalue weighted by Crippen LogP contribution is 2.25. The lowest BCUT2D eigenvalue weighted by Gasteiger charge is -2.27. The smallest absolute Gasteiger partial charge is 0.303 e. The average Bonchev–Trinajstić information content (AvgIpc) is 2.82. The van der Waals surface area contributed by atoms with Crippen LogP contribution in [0.15, 0.2) is 72.8 Å². The first kappa shape index (κ1) is 24.2. The molecule has 0 spiro atoms. The lowest BCUT2D eigenvalue weighted by atomic mass is 10.1. The topological polar surface area (TPSA) is 79.0 Å². The molecule has 1 N–H and O–H groups in total. The maximum absolute atomic E-state index is 14.4. The first-order chi connectivity index (χ1) is 15.7. The van der Waals surface area contributed by atoms with Gasteiger partial charge < -0.3 is 10.1 Å². The number of amides is 1. The van der Waals surface area contributed by atoms with Crippen LogP contribution in [0.25, 0.3) is 0 Å². The van der Waals surface area contributed by atoms with Crippen molar-refractivity contribution in [2.24, 2.45) is 0 Å². The van der Waals surface area contributed by atoms with Gasteiger partial charge in [0, 0.05) is 31.8 Å². The Morgan fingerprint density at radius 2 is 1.61 bits per heavy atom. The van der Waals surface area contributed by atoms with Crippen LogP contribution >= 0.6 is 0 Å². The highest BCUT2D eigenvalue weighted by atomic mass is 32.2. The number of ether oxygens (including phenoxy) is 1. The second-order valence-corrected chi connectivity index (χ2v) is 9.51. The molecular formula is C24H26FN3O4S. The van der Waals surface area contributed by atoms with Gasteiger partial charge in [-0.1, -0.05) is 42.5 Å². The van der Waals surface area contributed by atoms with Crippen LogP contribution in [0.5, 0.6) is 5.75 Å². The van der Waals surface area contributed by atoms with E-state index in [0.717, 1.165) is 14.2 Å². The molecule has 9 heteroatoms. The summed E-state index contributed by atoms with van der Waals surface area (Å²) in [5.74, 6) is -0.238. The number of hydrogen-bond acceptors (Lipinski definition) is 4. The number of benzene rings is 3. The van der Waals surface area contributed by atoms with Crippen molar-refractivity contribution in [2.45, 2.75) is 13.1 Å². The van der Waals surface area contributed by atoms with Crippen molar-refractivity contribution in [3.63, 3.8) is 0 Å². The number of nitrogens with one attached hydrogen (secondary N) is 1. The van der Waals surface area contributed by atoms with Crippen molar-refractivity contribution in [3.8, 4) is 5.75 Å². The number of para-hydroxylation sites is 2. The van der Waals surface area contributed by atoms with Gasteiger partial charge >= 0.3 is 10.2 Å². The van der Waals surface area contributed by atoms with Crippen LogP contribution in [0.1, 0.15) is 21.5 Å². The van der Waals surface area contributed by atoms with E-state index in [9.17, 15) is 17.6 Å². The van der Waals surface area contributed by atoms with E-state index in [4.69, 9.17) is 4.74 Å². The van der Waals surface area contributed by atoms with E-state index in [2.05, 4.69) is 5.32 Å². The van der Waals surface area contributed by atoms with E-state index in [-0.39, 0.29) is 18.1 Å². The van der Waals surface area contributed by atoms with Gasteiger partial charge in [-0.05, 0) is 35.9 Å². The standard InChI is InChI=1S/C24H26FN3O4S/c1-27(2)33(30,31)28(22-10-6-5-9-21(22)25)17-18-12-14-19(15-13-18)24(29)26-16-20-8-4-7-11-23(20)32-3/h4-15H,16-17H2,1-3H3,(H,26,29). The van der Waals surface area contributed by atoms with Crippen LogP contribution in [0.4, 0.5) is 10.1 Å². The summed E-state index contributed by atoms with van der Waals surface area (Å²) < 4.78 is 47.4. The average molecular weight is 472 g/mol. The van der Waals surface area contributed by atoms with Gasteiger partial charge in [0.1, 0.15) is 11.6 Å². The first-order valence-corrected chi connectivity index (χ1v) is 11.6. The molecule has 1 amide bonds. The summed E-state index contributed by atoms with van der Waals surface area (Å²) in [5, 5.41) is 2.84. The number of nitrogens with zero attached hydrogens (tertiary/aromatic N) is 2. The summed E-state index contributed by atoms with van der Waals surface area (Å²) >= 11 is 0. The van der Waals surface area contributed by atoms with Crippen molar-refractivity contribution in [3.05, 3.63) is 95.3 Å². The lowest BCUT2D eigenvalue weighted by Crippen LogP contribution is -2.40. The molecule has 7 nitrogen and oxygen atoms in total. The van der Waals surface area contributed by atoms with E-state index in [0.29, 0.717) is 23.4 Å². The van der Waals surface area contributed by atoms with Crippen LogP contribution in [-0.2, 0) is 23.3 Å². The van der Waals surface area contributed by atoms with Crippen molar-refractivity contribution in [1.29, 1.82) is 0 Å². The maximum atomic E-state index is 14.4. The molecule has 0 aliphatic carbocycles. The summed E-state index contributed by atoms with van der Waals surface area (Å²) in [6, 6.07) is 19.6. The van der Waals surface area contributed by atoms with Crippen molar-refractivity contribution in [1.82, 2.24) is 9.62 Å². The Morgan fingerprint density at radius 3 is 2.24 bits per heavy atom. The van der Waals surface area contributed by atoms with Crippen LogP contribution in [0.3, 0.4) is 0 Å². The Hall–Kier alpha value is -3.43. The minimum Gasteiger partial charge on any atom is -0.496 e. The number of halogens is 1. The fourth-order valence-corrected chi connectivity index (χ4v) is 4.30. The second-order valence-electron chi connectivity index (χ2n) is 7.44. The van der Waals surface area contributed by atoms with Crippen molar-refractivity contribution < 1.29 is 22.3 Å². The fraction of sp³-hybridized carbons (Fsp3) is 0.208. The van der Waals surface area contributed by atoms with Gasteiger partial charge in [-0.25, -0.2) is 4.39 Å². The molecule has 0 heterocycles. The van der Waals surface area contributed by atoms with Gasteiger partial charge in [-0.2, -0.15) is 12.7 Å². The minimum atomic E-state index is -3.95. The Kier molecular flexibility index (Phi) is 7.67. The molecule has 0 saturated heterocycles. The molecular weight excluding hydrogens is 445 g/mol. The van der Waals surface area contributed by atoms with Crippen LogP contribution in [0.2, 0.25) is 0 Å². The number of methoxy groups -OCH3 is 1. The molecule has 3 rings (SSSR count). The number of carbonyl (C=O) groups is 1. The van der Waals surface area contributed by atoms with Gasteiger partial charge in [0.2, 0.25) is 0 Å². The van der Waals surface area contributed by atoms with E-state index < -0.39 is 16.0 Å². The molecule has 174 valence electrons. The molecule has 3 aromatic carbocycles.